The maximum absolute atomic E-state index is 11.7. The Labute approximate surface area is 96.5 Å². The molecule has 1 unspecified atom stereocenters. The van der Waals surface area contributed by atoms with Crippen molar-refractivity contribution >= 4 is 11.9 Å². The predicted octanol–water partition coefficient (Wildman–Crippen LogP) is 0.953. The minimum absolute atomic E-state index is 0.0438. The van der Waals surface area contributed by atoms with Crippen LogP contribution in [-0.2, 0) is 0 Å². The van der Waals surface area contributed by atoms with Crippen LogP contribution in [0, 0.1) is 0 Å². The molecule has 0 radical (unpaired) electrons. The predicted molar refractivity (Wildman–Crippen MR) is 63.6 cm³/mol. The number of nitrogens with zero attached hydrogens (tertiary/aromatic N) is 2. The van der Waals surface area contributed by atoms with Crippen LogP contribution in [0.5, 0.6) is 0 Å². The van der Waals surface area contributed by atoms with Crippen molar-refractivity contribution in [2.75, 3.05) is 13.1 Å². The highest BCUT2D eigenvalue weighted by atomic mass is 16.4. The number of hydrogen-bond acceptors (Lipinski definition) is 3. The van der Waals surface area contributed by atoms with E-state index in [2.05, 4.69) is 10.5 Å². The lowest BCUT2D eigenvalue weighted by Crippen LogP contribution is -2.49. The van der Waals surface area contributed by atoms with E-state index < -0.39 is 6.04 Å². The third kappa shape index (κ3) is 4.37. The summed E-state index contributed by atoms with van der Waals surface area (Å²) >= 11 is 0. The van der Waals surface area contributed by atoms with Gasteiger partial charge in [0.2, 0.25) is 0 Å². The molecule has 0 saturated heterocycles. The lowest BCUT2D eigenvalue weighted by molar-refractivity contribution is 0.201. The second-order valence-electron chi connectivity index (χ2n) is 3.49. The smallest absolute Gasteiger partial charge is 0.317 e. The Morgan fingerprint density at radius 2 is 2.00 bits per heavy atom. The van der Waals surface area contributed by atoms with Crippen molar-refractivity contribution in [1.29, 1.82) is 0 Å². The summed E-state index contributed by atoms with van der Waals surface area (Å²) in [5, 5.41) is 14.3. The zero-order valence-corrected chi connectivity index (χ0v) is 10.2. The average molecular weight is 230 g/mol. The molecule has 0 aliphatic rings. The van der Waals surface area contributed by atoms with Gasteiger partial charge in [-0.2, -0.15) is 0 Å². The number of hydrogen-bond donors (Lipinski definition) is 3. The van der Waals surface area contributed by atoms with E-state index >= 15 is 0 Å². The number of nitrogens with two attached hydrogens (primary N) is 1. The second-order valence-corrected chi connectivity index (χ2v) is 3.49. The first-order valence-corrected chi connectivity index (χ1v) is 5.63. The molecule has 0 rings (SSSR count). The Morgan fingerprint density at radius 1 is 1.44 bits per heavy atom. The second kappa shape index (κ2) is 7.78. The van der Waals surface area contributed by atoms with Gasteiger partial charge >= 0.3 is 6.03 Å². The van der Waals surface area contributed by atoms with E-state index in [1.807, 2.05) is 20.8 Å². The number of amides is 2. The van der Waals surface area contributed by atoms with Crippen molar-refractivity contribution in [2.24, 2.45) is 10.9 Å². The van der Waals surface area contributed by atoms with Gasteiger partial charge in [-0.3, -0.25) is 0 Å². The van der Waals surface area contributed by atoms with E-state index in [4.69, 9.17) is 10.9 Å². The summed E-state index contributed by atoms with van der Waals surface area (Å²) < 4.78 is 0. The van der Waals surface area contributed by atoms with Crippen molar-refractivity contribution in [3.8, 4) is 0 Å². The van der Waals surface area contributed by atoms with Gasteiger partial charge in [-0.05, 0) is 20.3 Å². The van der Waals surface area contributed by atoms with E-state index in [0.29, 0.717) is 19.5 Å². The highest BCUT2D eigenvalue weighted by Crippen LogP contribution is 1.99. The average Bonchev–Trinajstić information content (AvgIpc) is 2.29. The van der Waals surface area contributed by atoms with Crippen LogP contribution in [0.15, 0.2) is 5.16 Å². The molecule has 0 aromatic carbocycles. The molecule has 2 amide bonds. The highest BCUT2D eigenvalue weighted by Gasteiger charge is 2.18. The molecule has 0 aromatic rings. The molecule has 4 N–H and O–H groups in total. The van der Waals surface area contributed by atoms with E-state index in [9.17, 15) is 4.79 Å². The van der Waals surface area contributed by atoms with Gasteiger partial charge in [0, 0.05) is 13.1 Å². The van der Waals surface area contributed by atoms with Gasteiger partial charge in [0.25, 0.3) is 0 Å². The molecule has 0 bridgehead atoms. The van der Waals surface area contributed by atoms with Gasteiger partial charge in [0.05, 0.1) is 6.04 Å². The number of amidine groups is 1. The first-order valence-electron chi connectivity index (χ1n) is 5.63. The molecule has 6 heteroatoms. The van der Waals surface area contributed by atoms with Crippen LogP contribution in [0.1, 0.15) is 33.6 Å². The summed E-state index contributed by atoms with van der Waals surface area (Å²) in [4.78, 5) is 13.4. The van der Waals surface area contributed by atoms with Gasteiger partial charge < -0.3 is 21.2 Å². The Balaban J connectivity index is 4.44. The molecule has 6 nitrogen and oxygen atoms in total. The molecule has 0 aliphatic carbocycles. The fraction of sp³-hybridized carbons (Fsp3) is 0.800. The van der Waals surface area contributed by atoms with Gasteiger partial charge in [0.15, 0.2) is 5.84 Å². The highest BCUT2D eigenvalue weighted by molar-refractivity contribution is 5.89. The molecule has 16 heavy (non-hydrogen) atoms. The van der Waals surface area contributed by atoms with Gasteiger partial charge in [0.1, 0.15) is 0 Å². The molecule has 0 spiro atoms. The zero-order chi connectivity index (χ0) is 12.6. The fourth-order valence-corrected chi connectivity index (χ4v) is 1.40. The number of urea groups is 1. The van der Waals surface area contributed by atoms with Crippen LogP contribution in [0.25, 0.3) is 0 Å². The lowest BCUT2D eigenvalue weighted by atomic mass is 10.1. The standard InChI is InChI=1S/C10H22N4O2/c1-4-7-8(9(11)13-16)12-10(15)14(5-2)6-3/h8,16H,4-7H2,1-3H3,(H2,11,13)(H,12,15). The summed E-state index contributed by atoms with van der Waals surface area (Å²) in [7, 11) is 0. The molecule has 0 aliphatic heterocycles. The molecule has 0 fully saturated rings. The summed E-state index contributed by atoms with van der Waals surface area (Å²) in [6.45, 7) is 7.05. The topological polar surface area (TPSA) is 91.0 Å². The minimum Gasteiger partial charge on any atom is -0.409 e. The first kappa shape index (κ1) is 14.5. The van der Waals surface area contributed by atoms with Crippen LogP contribution in [0.3, 0.4) is 0 Å². The van der Waals surface area contributed by atoms with Gasteiger partial charge in [-0.25, -0.2) is 4.79 Å². The van der Waals surface area contributed by atoms with E-state index in [-0.39, 0.29) is 11.9 Å². The zero-order valence-electron chi connectivity index (χ0n) is 10.2. The van der Waals surface area contributed by atoms with Crippen LogP contribution in [0.4, 0.5) is 4.79 Å². The molecular weight excluding hydrogens is 208 g/mol. The molecule has 1 atom stereocenters. The molecular formula is C10H22N4O2. The van der Waals surface area contributed by atoms with Crippen molar-refractivity contribution in [2.45, 2.75) is 39.7 Å². The number of rotatable bonds is 6. The summed E-state index contributed by atoms with van der Waals surface area (Å²) in [6, 6.07) is -0.585. The van der Waals surface area contributed by atoms with Gasteiger partial charge in [-0.15, -0.1) is 0 Å². The largest absolute Gasteiger partial charge is 0.409 e. The van der Waals surface area contributed by atoms with E-state index in [0.717, 1.165) is 6.42 Å². The summed E-state index contributed by atoms with van der Waals surface area (Å²) in [5.74, 6) is 0.0438. The fourth-order valence-electron chi connectivity index (χ4n) is 1.40. The van der Waals surface area contributed by atoms with Crippen molar-refractivity contribution in [1.82, 2.24) is 10.2 Å². The van der Waals surface area contributed by atoms with Crippen LogP contribution in [0.2, 0.25) is 0 Å². The van der Waals surface area contributed by atoms with Crippen LogP contribution in [-0.4, -0.2) is 41.1 Å². The number of carbonyl (C=O) groups is 1. The van der Waals surface area contributed by atoms with Crippen molar-refractivity contribution in [3.63, 3.8) is 0 Å². The molecule has 0 heterocycles. The molecule has 0 saturated carbocycles. The lowest BCUT2D eigenvalue weighted by Gasteiger charge is -2.23. The number of carbonyl (C=O) groups excluding carboxylic acids is 1. The quantitative estimate of drug-likeness (QED) is 0.274. The Kier molecular flexibility index (Phi) is 7.07. The van der Waals surface area contributed by atoms with E-state index in [1.165, 1.54) is 0 Å². The third-order valence-electron chi connectivity index (χ3n) is 2.40. The summed E-state index contributed by atoms with van der Waals surface area (Å²) in [6.07, 6.45) is 1.50. The SMILES string of the molecule is CCCC(NC(=O)N(CC)CC)C(N)=NO. The molecule has 0 aromatic heterocycles. The summed E-state index contributed by atoms with van der Waals surface area (Å²) in [5.41, 5.74) is 5.50. The maximum atomic E-state index is 11.7. The Bertz CT molecular complexity index is 239. The van der Waals surface area contributed by atoms with Crippen molar-refractivity contribution < 1.29 is 10.0 Å². The number of nitrogens with one attached hydrogen (secondary N) is 1. The third-order valence-corrected chi connectivity index (χ3v) is 2.40. The van der Waals surface area contributed by atoms with Crippen LogP contribution >= 0.6 is 0 Å². The van der Waals surface area contributed by atoms with E-state index in [1.54, 1.807) is 4.90 Å². The van der Waals surface area contributed by atoms with Crippen molar-refractivity contribution in [3.05, 3.63) is 0 Å². The van der Waals surface area contributed by atoms with Crippen LogP contribution < -0.4 is 11.1 Å². The molecule has 94 valence electrons. The normalized spacial score (nSPS) is 13.3. The Hall–Kier alpha value is -1.46. The monoisotopic (exact) mass is 230 g/mol. The Morgan fingerprint density at radius 3 is 2.38 bits per heavy atom. The first-order chi connectivity index (χ1) is 7.60. The van der Waals surface area contributed by atoms with Gasteiger partial charge in [-0.1, -0.05) is 18.5 Å². The minimum atomic E-state index is -0.400. The number of oxime groups is 1. The maximum Gasteiger partial charge on any atom is 0.317 e.